The molecular weight excluding hydrogens is 528 g/mol. The summed E-state index contributed by atoms with van der Waals surface area (Å²) in [6, 6.07) is 31.4. The van der Waals surface area contributed by atoms with E-state index in [4.69, 9.17) is 0 Å². The number of hydrogen-bond donors (Lipinski definition) is 2. The summed E-state index contributed by atoms with van der Waals surface area (Å²) in [5.74, 6) is -0.0133. The SMILES string of the molecule is O=C(Nc1ccc(N2CCC(Cc3ccccc3)CC2)c(C(=O)NCCc2ccccc2)c1)c1ccc([N+](=O)[O-])cc1. The number of nitro benzene ring substituents is 1. The molecule has 0 bridgehead atoms. The molecule has 0 aromatic heterocycles. The lowest BCUT2D eigenvalue weighted by atomic mass is 9.89. The highest BCUT2D eigenvalue weighted by molar-refractivity contribution is 6.06. The van der Waals surface area contributed by atoms with E-state index in [9.17, 15) is 19.7 Å². The van der Waals surface area contributed by atoms with Crippen LogP contribution in [0.25, 0.3) is 0 Å². The number of carbonyl (C=O) groups excluding carboxylic acids is 2. The van der Waals surface area contributed by atoms with Gasteiger partial charge in [0.25, 0.3) is 17.5 Å². The Kier molecular flexibility index (Phi) is 9.23. The zero-order valence-corrected chi connectivity index (χ0v) is 23.4. The van der Waals surface area contributed by atoms with Gasteiger partial charge in [-0.25, -0.2) is 0 Å². The fourth-order valence-corrected chi connectivity index (χ4v) is 5.39. The molecule has 0 aliphatic carbocycles. The van der Waals surface area contributed by atoms with Crippen molar-refractivity contribution in [2.45, 2.75) is 25.7 Å². The van der Waals surface area contributed by atoms with E-state index in [1.807, 2.05) is 42.5 Å². The largest absolute Gasteiger partial charge is 0.371 e. The summed E-state index contributed by atoms with van der Waals surface area (Å²) in [7, 11) is 0. The number of anilines is 2. The average Bonchev–Trinajstić information content (AvgIpc) is 3.02. The summed E-state index contributed by atoms with van der Waals surface area (Å²) in [6.45, 7) is 2.17. The number of rotatable bonds is 10. The lowest BCUT2D eigenvalue weighted by molar-refractivity contribution is -0.384. The average molecular weight is 563 g/mol. The van der Waals surface area contributed by atoms with Gasteiger partial charge in [0.1, 0.15) is 0 Å². The molecule has 0 spiro atoms. The molecule has 5 rings (SSSR count). The first-order valence-corrected chi connectivity index (χ1v) is 14.3. The van der Waals surface area contributed by atoms with E-state index >= 15 is 0 Å². The fraction of sp³-hybridized carbons (Fsp3) is 0.235. The minimum atomic E-state index is -0.506. The maximum Gasteiger partial charge on any atom is 0.269 e. The first-order chi connectivity index (χ1) is 20.5. The molecule has 4 aromatic carbocycles. The second-order valence-electron chi connectivity index (χ2n) is 10.6. The van der Waals surface area contributed by atoms with E-state index in [1.165, 1.54) is 29.8 Å². The molecule has 1 aliphatic rings. The predicted molar refractivity (Wildman–Crippen MR) is 165 cm³/mol. The highest BCUT2D eigenvalue weighted by Crippen LogP contribution is 2.30. The molecule has 0 radical (unpaired) electrons. The topological polar surface area (TPSA) is 105 Å². The van der Waals surface area contributed by atoms with Crippen molar-refractivity contribution in [3.8, 4) is 0 Å². The second kappa shape index (κ2) is 13.6. The van der Waals surface area contributed by atoms with Gasteiger partial charge in [-0.3, -0.25) is 19.7 Å². The minimum Gasteiger partial charge on any atom is -0.371 e. The normalized spacial score (nSPS) is 13.4. The van der Waals surface area contributed by atoms with E-state index in [-0.39, 0.29) is 11.6 Å². The zero-order valence-electron chi connectivity index (χ0n) is 23.4. The number of amides is 2. The number of carbonyl (C=O) groups is 2. The van der Waals surface area contributed by atoms with Crippen LogP contribution in [0.5, 0.6) is 0 Å². The van der Waals surface area contributed by atoms with Crippen molar-refractivity contribution >= 4 is 28.9 Å². The zero-order chi connectivity index (χ0) is 29.3. The van der Waals surface area contributed by atoms with Crippen molar-refractivity contribution in [2.24, 2.45) is 5.92 Å². The molecule has 4 aromatic rings. The smallest absolute Gasteiger partial charge is 0.269 e. The van der Waals surface area contributed by atoms with E-state index in [0.29, 0.717) is 35.7 Å². The first-order valence-electron chi connectivity index (χ1n) is 14.3. The second-order valence-corrected chi connectivity index (χ2v) is 10.6. The number of hydrogen-bond acceptors (Lipinski definition) is 5. The summed E-state index contributed by atoms with van der Waals surface area (Å²) in [5.41, 5.74) is 4.53. The van der Waals surface area contributed by atoms with Crippen LogP contribution in [0.15, 0.2) is 103 Å². The number of piperidine rings is 1. The molecule has 1 aliphatic heterocycles. The number of nitro groups is 1. The van der Waals surface area contributed by atoms with Crippen LogP contribution in [0.4, 0.5) is 17.1 Å². The first kappa shape index (κ1) is 28.5. The van der Waals surface area contributed by atoms with Gasteiger partial charge in [-0.05, 0) is 73.1 Å². The third-order valence-corrected chi connectivity index (χ3v) is 7.70. The van der Waals surface area contributed by atoms with Gasteiger partial charge in [0, 0.05) is 48.7 Å². The molecule has 0 unspecified atom stereocenters. The number of benzene rings is 4. The molecule has 1 heterocycles. The molecule has 8 nitrogen and oxygen atoms in total. The Morgan fingerprint density at radius 1 is 0.810 bits per heavy atom. The predicted octanol–water partition coefficient (Wildman–Crippen LogP) is 6.28. The van der Waals surface area contributed by atoms with E-state index in [2.05, 4.69) is 39.8 Å². The van der Waals surface area contributed by atoms with Crippen molar-refractivity contribution in [3.63, 3.8) is 0 Å². The summed E-state index contributed by atoms with van der Waals surface area (Å²) < 4.78 is 0. The van der Waals surface area contributed by atoms with Gasteiger partial charge in [0.05, 0.1) is 10.5 Å². The molecule has 1 saturated heterocycles. The van der Waals surface area contributed by atoms with Gasteiger partial charge in [0.2, 0.25) is 0 Å². The molecule has 0 atom stereocenters. The highest BCUT2D eigenvalue weighted by atomic mass is 16.6. The van der Waals surface area contributed by atoms with E-state index in [1.54, 1.807) is 12.1 Å². The Morgan fingerprint density at radius 3 is 2.10 bits per heavy atom. The van der Waals surface area contributed by atoms with Gasteiger partial charge in [-0.15, -0.1) is 0 Å². The molecule has 1 fully saturated rings. The standard InChI is InChI=1S/C34H34N4O4/c39-33(28-11-14-30(15-12-28)38(41)42)36-29-13-16-32(31(24-29)34(40)35-20-17-25-7-3-1-4-8-25)37-21-18-27(19-22-37)23-26-9-5-2-6-10-26/h1-16,24,27H,17-23H2,(H,35,40)(H,36,39). The molecule has 214 valence electrons. The maximum atomic E-state index is 13.5. The summed E-state index contributed by atoms with van der Waals surface area (Å²) in [4.78, 5) is 39.1. The monoisotopic (exact) mass is 562 g/mol. The Bertz CT molecular complexity index is 1520. The number of nitrogens with one attached hydrogen (secondary N) is 2. The molecule has 8 heteroatoms. The van der Waals surface area contributed by atoms with Crippen molar-refractivity contribution in [3.05, 3.63) is 135 Å². The third-order valence-electron chi connectivity index (χ3n) is 7.70. The van der Waals surface area contributed by atoms with E-state index < -0.39 is 10.8 Å². The van der Waals surface area contributed by atoms with Crippen LogP contribution in [0, 0.1) is 16.0 Å². The van der Waals surface area contributed by atoms with Crippen LogP contribution >= 0.6 is 0 Å². The van der Waals surface area contributed by atoms with Crippen molar-refractivity contribution in [2.75, 3.05) is 29.9 Å². The molecule has 2 N–H and O–H groups in total. The Balaban J connectivity index is 1.30. The van der Waals surface area contributed by atoms with Crippen LogP contribution in [-0.4, -0.2) is 36.4 Å². The van der Waals surface area contributed by atoms with Gasteiger partial charge >= 0.3 is 0 Å². The Labute approximate surface area is 245 Å². The Morgan fingerprint density at radius 2 is 1.45 bits per heavy atom. The van der Waals surface area contributed by atoms with Crippen LogP contribution in [-0.2, 0) is 12.8 Å². The maximum absolute atomic E-state index is 13.5. The van der Waals surface area contributed by atoms with Gasteiger partial charge in [-0.2, -0.15) is 0 Å². The van der Waals surface area contributed by atoms with Crippen molar-refractivity contribution in [1.29, 1.82) is 0 Å². The van der Waals surface area contributed by atoms with Crippen LogP contribution in [0.2, 0.25) is 0 Å². The summed E-state index contributed by atoms with van der Waals surface area (Å²) in [5, 5.41) is 16.9. The number of nitrogens with zero attached hydrogens (tertiary/aromatic N) is 2. The lowest BCUT2D eigenvalue weighted by Gasteiger charge is -2.35. The van der Waals surface area contributed by atoms with Gasteiger partial charge < -0.3 is 15.5 Å². The Hall–Kier alpha value is -4.98. The molecule has 42 heavy (non-hydrogen) atoms. The van der Waals surface area contributed by atoms with Crippen molar-refractivity contribution < 1.29 is 14.5 Å². The molecular formula is C34H34N4O4. The highest BCUT2D eigenvalue weighted by Gasteiger charge is 2.24. The van der Waals surface area contributed by atoms with Crippen LogP contribution in [0.3, 0.4) is 0 Å². The van der Waals surface area contributed by atoms with Gasteiger partial charge in [-0.1, -0.05) is 60.7 Å². The van der Waals surface area contributed by atoms with Crippen LogP contribution < -0.4 is 15.5 Å². The minimum absolute atomic E-state index is 0.0853. The number of non-ortho nitro benzene ring substituents is 1. The quantitative estimate of drug-likeness (QED) is 0.175. The molecule has 2 amide bonds. The van der Waals surface area contributed by atoms with Crippen LogP contribution in [0.1, 0.15) is 44.7 Å². The summed E-state index contributed by atoms with van der Waals surface area (Å²) in [6.07, 6.45) is 3.82. The van der Waals surface area contributed by atoms with Crippen molar-refractivity contribution in [1.82, 2.24) is 5.32 Å². The third kappa shape index (κ3) is 7.40. The molecule has 0 saturated carbocycles. The van der Waals surface area contributed by atoms with E-state index in [0.717, 1.165) is 43.6 Å². The van der Waals surface area contributed by atoms with Gasteiger partial charge in [0.15, 0.2) is 0 Å². The summed E-state index contributed by atoms with van der Waals surface area (Å²) >= 11 is 0. The lowest BCUT2D eigenvalue weighted by Crippen LogP contribution is -2.36. The fourth-order valence-electron chi connectivity index (χ4n) is 5.39.